The average molecular weight is 765 g/mol. The van der Waals surface area contributed by atoms with Gasteiger partial charge in [-0.05, 0) is 112 Å². The first-order chi connectivity index (χ1) is 29.2. The van der Waals surface area contributed by atoms with Crippen molar-refractivity contribution < 1.29 is 0 Å². The molecule has 0 bridgehead atoms. The summed E-state index contributed by atoms with van der Waals surface area (Å²) in [5.74, 6) is 0.707. The van der Waals surface area contributed by atoms with Crippen LogP contribution in [0.4, 0.5) is 0 Å². The predicted octanol–water partition coefficient (Wildman–Crippen LogP) is 15.9. The lowest BCUT2D eigenvalue weighted by molar-refractivity contribution is 1.18. The first-order valence-electron chi connectivity index (χ1n) is 20.1. The Balaban J connectivity index is 1.09. The van der Waals surface area contributed by atoms with Crippen molar-refractivity contribution in [3.63, 3.8) is 0 Å². The molecule has 0 aliphatic carbocycles. The molecule has 13 rings (SSSR count). The summed E-state index contributed by atoms with van der Waals surface area (Å²) in [5, 5.41) is 17.7. The fourth-order valence-corrected chi connectivity index (χ4v) is 10.9. The van der Waals surface area contributed by atoms with Gasteiger partial charge in [-0.15, -0.1) is 11.3 Å². The third-order valence-corrected chi connectivity index (χ3v) is 13.5. The summed E-state index contributed by atoms with van der Waals surface area (Å²) in [6, 6.07) is 71.0. The summed E-state index contributed by atoms with van der Waals surface area (Å²) < 4.78 is 2.60. The molecule has 0 amide bonds. The van der Waals surface area contributed by atoms with Crippen LogP contribution in [0.3, 0.4) is 0 Å². The lowest BCUT2D eigenvalue weighted by Gasteiger charge is -2.17. The maximum atomic E-state index is 5.36. The molecule has 0 saturated heterocycles. The number of hydrogen-bond acceptors (Lipinski definition) is 3. The van der Waals surface area contributed by atoms with E-state index in [9.17, 15) is 0 Å². The van der Waals surface area contributed by atoms with E-state index in [2.05, 4.69) is 188 Å². The highest BCUT2D eigenvalue weighted by Crippen LogP contribution is 2.45. The molecular formula is C56H32N2S. The Morgan fingerprint density at radius 3 is 1.54 bits per heavy atom. The zero-order chi connectivity index (χ0) is 38.6. The smallest absolute Gasteiger partial charge is 0.160 e. The zero-order valence-electron chi connectivity index (χ0n) is 31.8. The van der Waals surface area contributed by atoms with E-state index in [1.165, 1.54) is 95.9 Å². The van der Waals surface area contributed by atoms with Crippen LogP contribution in [-0.2, 0) is 0 Å². The van der Waals surface area contributed by atoms with Crippen LogP contribution in [-0.4, -0.2) is 9.97 Å². The Morgan fingerprint density at radius 1 is 0.288 bits per heavy atom. The fraction of sp³-hybridized carbons (Fsp3) is 0. The number of nitrogens with zero attached hydrogens (tertiary/aromatic N) is 2. The Labute approximate surface area is 343 Å². The van der Waals surface area contributed by atoms with Gasteiger partial charge in [0.15, 0.2) is 5.82 Å². The second-order valence-corrected chi connectivity index (χ2v) is 16.7. The van der Waals surface area contributed by atoms with Gasteiger partial charge in [-0.25, -0.2) is 9.97 Å². The second kappa shape index (κ2) is 12.5. The molecular weight excluding hydrogens is 733 g/mol. The third kappa shape index (κ3) is 4.92. The molecule has 3 heteroatoms. The molecule has 2 aromatic heterocycles. The van der Waals surface area contributed by atoms with Crippen molar-refractivity contribution in [1.82, 2.24) is 9.97 Å². The molecule has 0 saturated carbocycles. The fourth-order valence-electron chi connectivity index (χ4n) is 9.75. The highest BCUT2D eigenvalue weighted by molar-refractivity contribution is 7.25. The van der Waals surface area contributed by atoms with Gasteiger partial charge in [0.1, 0.15) is 0 Å². The molecule has 2 nitrogen and oxygen atoms in total. The van der Waals surface area contributed by atoms with Gasteiger partial charge >= 0.3 is 0 Å². The van der Waals surface area contributed by atoms with Crippen molar-refractivity contribution in [2.75, 3.05) is 0 Å². The van der Waals surface area contributed by atoms with E-state index in [1.807, 2.05) is 17.4 Å². The summed E-state index contributed by atoms with van der Waals surface area (Å²) in [4.78, 5) is 10.7. The molecule has 0 radical (unpaired) electrons. The number of thiophene rings is 1. The SMILES string of the molecule is c1ccc(-c2nc(-c3cccc(-c4cccc5sc6ccccc6c45)c3)cc(-c3cc4ccc5cccc6c7cccc8ccc9cccc(c(c3)c4c56)c9c87)n2)cc1. The first kappa shape index (κ1) is 32.6. The van der Waals surface area contributed by atoms with Crippen LogP contribution in [0.2, 0.25) is 0 Å². The van der Waals surface area contributed by atoms with Gasteiger partial charge in [0.25, 0.3) is 0 Å². The standard InChI is InChI=1S/C56H32N2S/c1-2-11-36(12-3-1)56-57-47(38-17-6-16-37(29-38)41-19-10-24-50-55(41)45-18-4-5-23-49(45)59-50)32-48(58-56)40-30-39-28-27-35-14-8-21-43-42-20-7-13-33-25-26-34-15-9-22-44(53(34)51(33)42)46(31-40)54(39)52(35)43/h1-32H. The van der Waals surface area contributed by atoms with Crippen LogP contribution in [0.15, 0.2) is 194 Å². The van der Waals surface area contributed by atoms with Gasteiger partial charge in [-0.1, -0.05) is 158 Å². The molecule has 2 heterocycles. The van der Waals surface area contributed by atoms with Gasteiger partial charge in [0.2, 0.25) is 0 Å². The van der Waals surface area contributed by atoms with Crippen LogP contribution >= 0.6 is 11.3 Å². The largest absolute Gasteiger partial charge is 0.228 e. The van der Waals surface area contributed by atoms with E-state index in [0.717, 1.165) is 28.1 Å². The summed E-state index contributed by atoms with van der Waals surface area (Å²) in [7, 11) is 0. The van der Waals surface area contributed by atoms with Crippen molar-refractivity contribution in [1.29, 1.82) is 0 Å². The maximum absolute atomic E-state index is 5.36. The number of aromatic nitrogens is 2. The number of benzene rings is 10. The first-order valence-corrected chi connectivity index (χ1v) is 21.0. The van der Waals surface area contributed by atoms with Crippen molar-refractivity contribution in [3.8, 4) is 45.0 Å². The zero-order valence-corrected chi connectivity index (χ0v) is 32.6. The lowest BCUT2D eigenvalue weighted by Crippen LogP contribution is -1.96. The van der Waals surface area contributed by atoms with Crippen molar-refractivity contribution in [3.05, 3.63) is 194 Å². The summed E-state index contributed by atoms with van der Waals surface area (Å²) in [6.07, 6.45) is 0. The van der Waals surface area contributed by atoms with Gasteiger partial charge in [-0.3, -0.25) is 0 Å². The van der Waals surface area contributed by atoms with Gasteiger partial charge < -0.3 is 0 Å². The number of hydrogen-bond donors (Lipinski definition) is 0. The highest BCUT2D eigenvalue weighted by atomic mass is 32.1. The van der Waals surface area contributed by atoms with E-state index in [-0.39, 0.29) is 0 Å². The maximum Gasteiger partial charge on any atom is 0.160 e. The topological polar surface area (TPSA) is 25.8 Å². The van der Waals surface area contributed by atoms with E-state index in [4.69, 9.17) is 9.97 Å². The Bertz CT molecular complexity index is 3840. The molecule has 0 aliphatic heterocycles. The van der Waals surface area contributed by atoms with E-state index < -0.39 is 0 Å². The monoisotopic (exact) mass is 764 g/mol. The normalized spacial score (nSPS) is 12.1. The van der Waals surface area contributed by atoms with Crippen molar-refractivity contribution in [2.45, 2.75) is 0 Å². The molecule has 0 aliphatic rings. The molecule has 0 spiro atoms. The van der Waals surface area contributed by atoms with E-state index >= 15 is 0 Å². The van der Waals surface area contributed by atoms with E-state index in [0.29, 0.717) is 5.82 Å². The van der Waals surface area contributed by atoms with Gasteiger partial charge in [-0.2, -0.15) is 0 Å². The Morgan fingerprint density at radius 2 is 0.814 bits per heavy atom. The molecule has 272 valence electrons. The minimum atomic E-state index is 0.707. The molecule has 0 fully saturated rings. The van der Waals surface area contributed by atoms with E-state index in [1.54, 1.807) is 0 Å². The molecule has 0 N–H and O–H groups in total. The average Bonchev–Trinajstić information content (AvgIpc) is 3.69. The Kier molecular flexibility index (Phi) is 6.92. The molecule has 11 aromatic carbocycles. The number of rotatable bonds is 4. The molecule has 59 heavy (non-hydrogen) atoms. The minimum absolute atomic E-state index is 0.707. The lowest BCUT2D eigenvalue weighted by atomic mass is 9.87. The predicted molar refractivity (Wildman–Crippen MR) is 253 cm³/mol. The summed E-state index contributed by atoms with van der Waals surface area (Å²) in [6.45, 7) is 0. The minimum Gasteiger partial charge on any atom is -0.228 e. The van der Waals surface area contributed by atoms with Crippen LogP contribution < -0.4 is 0 Å². The van der Waals surface area contributed by atoms with Crippen LogP contribution in [0, 0.1) is 0 Å². The van der Waals surface area contributed by atoms with Crippen molar-refractivity contribution in [2.24, 2.45) is 0 Å². The third-order valence-electron chi connectivity index (χ3n) is 12.3. The molecule has 13 aromatic rings. The van der Waals surface area contributed by atoms with Crippen LogP contribution in [0.5, 0.6) is 0 Å². The summed E-state index contributed by atoms with van der Waals surface area (Å²) >= 11 is 1.85. The van der Waals surface area contributed by atoms with Crippen LogP contribution in [0.25, 0.3) is 130 Å². The quantitative estimate of drug-likeness (QED) is 0.167. The van der Waals surface area contributed by atoms with Gasteiger partial charge in [0, 0.05) is 36.9 Å². The van der Waals surface area contributed by atoms with Gasteiger partial charge in [0.05, 0.1) is 11.4 Å². The second-order valence-electron chi connectivity index (χ2n) is 15.6. The Hall–Kier alpha value is -7.46. The molecule has 0 unspecified atom stereocenters. The van der Waals surface area contributed by atoms with Crippen molar-refractivity contribution >= 4 is 96.1 Å². The van der Waals surface area contributed by atoms with Crippen LogP contribution in [0.1, 0.15) is 0 Å². The summed E-state index contributed by atoms with van der Waals surface area (Å²) in [5.41, 5.74) is 7.29. The molecule has 0 atom stereocenters. The highest BCUT2D eigenvalue weighted by Gasteiger charge is 2.19. The number of fused-ring (bicyclic) bond motifs is 5.